The summed E-state index contributed by atoms with van der Waals surface area (Å²) >= 11 is 0. The molecule has 0 spiro atoms. The zero-order chi connectivity index (χ0) is 22.0. The smallest absolute Gasteiger partial charge is 0.271 e. The molecular weight excluding hydrogens is 398 g/mol. The van der Waals surface area contributed by atoms with Crippen LogP contribution in [0.15, 0.2) is 47.6 Å². The molecule has 8 heteroatoms. The lowest BCUT2D eigenvalue weighted by Gasteiger charge is -2.10. The largest absolute Gasteiger partial charge is 0.497 e. The number of benzene rings is 2. The molecule has 2 aromatic carbocycles. The number of hydrazone groups is 1. The standard InChI is InChI=1S/C23H23N3O5/c1-14-7-17(15(2)26(14)18-5-6-21-22(10-18)31-13-30-21)12-24-25-23(27)16-8-19(28-3)11-20(9-16)29-4/h5-12H,13H2,1-4H3,(H,25,27)/b24-12+. The Hall–Kier alpha value is -3.94. The second-order valence-corrected chi connectivity index (χ2v) is 7.00. The van der Waals surface area contributed by atoms with Gasteiger partial charge in [0.05, 0.1) is 20.4 Å². The highest BCUT2D eigenvalue weighted by Crippen LogP contribution is 2.34. The number of aromatic nitrogens is 1. The van der Waals surface area contributed by atoms with Gasteiger partial charge in [-0.05, 0) is 44.2 Å². The van der Waals surface area contributed by atoms with Crippen molar-refractivity contribution in [2.45, 2.75) is 13.8 Å². The van der Waals surface area contributed by atoms with Crippen molar-refractivity contribution in [1.82, 2.24) is 9.99 Å². The number of ether oxygens (including phenoxy) is 4. The van der Waals surface area contributed by atoms with Crippen LogP contribution in [0.25, 0.3) is 5.69 Å². The van der Waals surface area contributed by atoms with Gasteiger partial charge in [0.2, 0.25) is 6.79 Å². The first kappa shape index (κ1) is 20.3. The first-order chi connectivity index (χ1) is 15.0. The number of carbonyl (C=O) groups is 1. The first-order valence-electron chi connectivity index (χ1n) is 9.65. The Balaban J connectivity index is 1.53. The predicted octanol–water partition coefficient (Wildman–Crippen LogP) is 3.60. The number of rotatable bonds is 6. The van der Waals surface area contributed by atoms with Crippen LogP contribution in [-0.4, -0.2) is 37.7 Å². The molecule has 0 atom stereocenters. The summed E-state index contributed by atoms with van der Waals surface area (Å²) in [5.41, 5.74) is 6.81. The minimum Gasteiger partial charge on any atom is -0.497 e. The van der Waals surface area contributed by atoms with Crippen LogP contribution >= 0.6 is 0 Å². The van der Waals surface area contributed by atoms with E-state index in [0.29, 0.717) is 17.1 Å². The fourth-order valence-electron chi connectivity index (χ4n) is 3.50. The Morgan fingerprint density at radius 3 is 2.45 bits per heavy atom. The quantitative estimate of drug-likeness (QED) is 0.486. The minimum atomic E-state index is -0.363. The normalized spacial score (nSPS) is 12.3. The summed E-state index contributed by atoms with van der Waals surface area (Å²) in [5, 5.41) is 4.13. The second-order valence-electron chi connectivity index (χ2n) is 7.00. The van der Waals surface area contributed by atoms with Crippen molar-refractivity contribution in [3.63, 3.8) is 0 Å². The van der Waals surface area contributed by atoms with E-state index in [4.69, 9.17) is 18.9 Å². The van der Waals surface area contributed by atoms with Crippen LogP contribution in [0.2, 0.25) is 0 Å². The molecule has 0 saturated carbocycles. The van der Waals surface area contributed by atoms with E-state index in [2.05, 4.69) is 15.1 Å². The topological polar surface area (TPSA) is 83.3 Å². The van der Waals surface area contributed by atoms with E-state index in [1.807, 2.05) is 38.1 Å². The van der Waals surface area contributed by atoms with Crippen molar-refractivity contribution in [3.05, 3.63) is 65.0 Å². The summed E-state index contributed by atoms with van der Waals surface area (Å²) in [5.74, 6) is 2.16. The van der Waals surface area contributed by atoms with Gasteiger partial charge >= 0.3 is 0 Å². The summed E-state index contributed by atoms with van der Waals surface area (Å²) in [6.45, 7) is 4.24. The van der Waals surface area contributed by atoms with E-state index in [-0.39, 0.29) is 12.7 Å². The van der Waals surface area contributed by atoms with E-state index in [0.717, 1.165) is 34.1 Å². The van der Waals surface area contributed by atoms with Crippen molar-refractivity contribution in [2.24, 2.45) is 5.10 Å². The Morgan fingerprint density at radius 1 is 1.03 bits per heavy atom. The molecule has 0 radical (unpaired) electrons. The molecule has 0 saturated heterocycles. The van der Waals surface area contributed by atoms with Crippen molar-refractivity contribution >= 4 is 12.1 Å². The van der Waals surface area contributed by atoms with Gasteiger partial charge in [-0.1, -0.05) is 0 Å². The molecule has 8 nitrogen and oxygen atoms in total. The van der Waals surface area contributed by atoms with Crippen LogP contribution in [0, 0.1) is 13.8 Å². The molecule has 0 aliphatic carbocycles. The highest BCUT2D eigenvalue weighted by molar-refractivity contribution is 5.95. The van der Waals surface area contributed by atoms with E-state index < -0.39 is 0 Å². The third-order valence-electron chi connectivity index (χ3n) is 5.07. The third kappa shape index (κ3) is 4.05. The SMILES string of the molecule is COc1cc(OC)cc(C(=O)N/N=C/c2cc(C)n(-c3ccc4c(c3)OCO4)c2C)c1. The fourth-order valence-corrected chi connectivity index (χ4v) is 3.50. The summed E-state index contributed by atoms with van der Waals surface area (Å²) in [4.78, 5) is 12.5. The number of nitrogens with one attached hydrogen (secondary N) is 1. The summed E-state index contributed by atoms with van der Waals surface area (Å²) in [6.07, 6.45) is 1.63. The lowest BCUT2D eigenvalue weighted by Crippen LogP contribution is -2.17. The number of aryl methyl sites for hydroxylation is 1. The maximum absolute atomic E-state index is 12.5. The Bertz CT molecular complexity index is 1140. The molecule has 1 N–H and O–H groups in total. The highest BCUT2D eigenvalue weighted by atomic mass is 16.7. The number of hydrogen-bond acceptors (Lipinski definition) is 6. The van der Waals surface area contributed by atoms with Gasteiger partial charge in [0.25, 0.3) is 5.91 Å². The minimum absolute atomic E-state index is 0.235. The first-order valence-corrected chi connectivity index (χ1v) is 9.65. The predicted molar refractivity (Wildman–Crippen MR) is 116 cm³/mol. The monoisotopic (exact) mass is 421 g/mol. The van der Waals surface area contributed by atoms with Crippen LogP contribution in [0.3, 0.4) is 0 Å². The van der Waals surface area contributed by atoms with E-state index in [1.54, 1.807) is 24.4 Å². The summed E-state index contributed by atoms with van der Waals surface area (Å²) in [7, 11) is 3.06. The van der Waals surface area contributed by atoms with Crippen LogP contribution in [0.1, 0.15) is 27.3 Å². The van der Waals surface area contributed by atoms with Crippen LogP contribution < -0.4 is 24.4 Å². The average molecular weight is 421 g/mol. The highest BCUT2D eigenvalue weighted by Gasteiger charge is 2.16. The van der Waals surface area contributed by atoms with E-state index in [1.165, 1.54) is 14.2 Å². The zero-order valence-corrected chi connectivity index (χ0v) is 17.8. The van der Waals surface area contributed by atoms with Gasteiger partial charge in [-0.3, -0.25) is 4.79 Å². The molecule has 31 heavy (non-hydrogen) atoms. The Morgan fingerprint density at radius 2 is 1.74 bits per heavy atom. The molecule has 2 heterocycles. The van der Waals surface area contributed by atoms with Crippen molar-refractivity contribution in [1.29, 1.82) is 0 Å². The van der Waals surface area contributed by atoms with Crippen LogP contribution in [0.5, 0.6) is 23.0 Å². The van der Waals surface area contributed by atoms with Gasteiger partial charge in [0, 0.05) is 40.3 Å². The maximum atomic E-state index is 12.5. The molecule has 1 amide bonds. The molecule has 160 valence electrons. The molecule has 0 unspecified atom stereocenters. The number of hydrogen-bond donors (Lipinski definition) is 1. The lowest BCUT2D eigenvalue weighted by molar-refractivity contribution is 0.0954. The fraction of sp³-hybridized carbons (Fsp3) is 0.217. The second kappa shape index (κ2) is 8.43. The van der Waals surface area contributed by atoms with Gasteiger partial charge in [-0.25, -0.2) is 5.43 Å². The van der Waals surface area contributed by atoms with Gasteiger partial charge in [0.1, 0.15) is 11.5 Å². The molecule has 1 aromatic heterocycles. The molecular formula is C23H23N3O5. The van der Waals surface area contributed by atoms with Gasteiger partial charge in [-0.2, -0.15) is 5.10 Å². The lowest BCUT2D eigenvalue weighted by atomic mass is 10.2. The maximum Gasteiger partial charge on any atom is 0.271 e. The number of amides is 1. The van der Waals surface area contributed by atoms with Crippen molar-refractivity contribution in [3.8, 4) is 28.7 Å². The molecule has 1 aliphatic rings. The Labute approximate surface area is 180 Å². The number of fused-ring (bicyclic) bond motifs is 1. The van der Waals surface area contributed by atoms with Gasteiger partial charge < -0.3 is 23.5 Å². The molecule has 4 rings (SSSR count). The zero-order valence-electron chi connectivity index (χ0n) is 17.8. The Kier molecular flexibility index (Phi) is 5.53. The van der Waals surface area contributed by atoms with Crippen LogP contribution in [0.4, 0.5) is 0 Å². The molecule has 0 bridgehead atoms. The van der Waals surface area contributed by atoms with Crippen molar-refractivity contribution < 1.29 is 23.7 Å². The molecule has 3 aromatic rings. The third-order valence-corrected chi connectivity index (χ3v) is 5.07. The van der Waals surface area contributed by atoms with Crippen LogP contribution in [-0.2, 0) is 0 Å². The van der Waals surface area contributed by atoms with E-state index in [9.17, 15) is 4.79 Å². The molecule has 0 fully saturated rings. The summed E-state index contributed by atoms with van der Waals surface area (Å²) < 4.78 is 23.4. The number of nitrogens with zero attached hydrogens (tertiary/aromatic N) is 2. The van der Waals surface area contributed by atoms with Gasteiger partial charge in [-0.15, -0.1) is 0 Å². The van der Waals surface area contributed by atoms with Gasteiger partial charge in [0.15, 0.2) is 11.5 Å². The molecule has 1 aliphatic heterocycles. The van der Waals surface area contributed by atoms with E-state index >= 15 is 0 Å². The summed E-state index contributed by atoms with van der Waals surface area (Å²) in [6, 6.07) is 12.8. The number of carbonyl (C=O) groups excluding carboxylic acids is 1. The number of methoxy groups -OCH3 is 2. The van der Waals surface area contributed by atoms with Crippen molar-refractivity contribution in [2.75, 3.05) is 21.0 Å². The average Bonchev–Trinajstić information content (AvgIpc) is 3.36.